The second-order valence-corrected chi connectivity index (χ2v) is 7.15. The fourth-order valence-corrected chi connectivity index (χ4v) is 3.71. The fourth-order valence-electron chi connectivity index (χ4n) is 3.71. The van der Waals surface area contributed by atoms with Crippen molar-refractivity contribution in [1.82, 2.24) is 4.57 Å². The topological polar surface area (TPSA) is 129 Å². The minimum absolute atomic E-state index is 0.0625. The van der Waals surface area contributed by atoms with Crippen LogP contribution in [0, 0.1) is 10.1 Å². The monoisotopic (exact) mass is 432 g/mol. The Hall–Kier alpha value is -4.40. The van der Waals surface area contributed by atoms with Crippen molar-refractivity contribution in [1.29, 1.82) is 0 Å². The van der Waals surface area contributed by atoms with E-state index in [1.54, 1.807) is 6.07 Å². The molecule has 0 aliphatic heterocycles. The molecule has 0 fully saturated rings. The van der Waals surface area contributed by atoms with Gasteiger partial charge in [-0.3, -0.25) is 14.9 Å². The number of ether oxygens (including phenoxy) is 1. The van der Waals surface area contributed by atoms with Crippen LogP contribution in [0.15, 0.2) is 60.7 Å². The van der Waals surface area contributed by atoms with Gasteiger partial charge in [0, 0.05) is 40.1 Å². The Labute approximate surface area is 182 Å². The molecule has 0 saturated carbocycles. The van der Waals surface area contributed by atoms with Crippen molar-refractivity contribution < 1.29 is 19.2 Å². The van der Waals surface area contributed by atoms with Crippen LogP contribution < -0.4 is 11.1 Å². The first-order valence-corrected chi connectivity index (χ1v) is 9.91. The number of nitrogens with two attached hydrogens (primary N) is 1. The second kappa shape index (κ2) is 8.38. The molecule has 0 aliphatic carbocycles. The molecule has 0 radical (unpaired) electrons. The summed E-state index contributed by atoms with van der Waals surface area (Å²) in [7, 11) is 0. The van der Waals surface area contributed by atoms with Gasteiger partial charge in [-0.25, -0.2) is 4.79 Å². The molecular weight excluding hydrogens is 412 g/mol. The van der Waals surface area contributed by atoms with E-state index in [9.17, 15) is 19.7 Å². The van der Waals surface area contributed by atoms with Crippen LogP contribution in [-0.4, -0.2) is 28.0 Å². The predicted octanol–water partition coefficient (Wildman–Crippen LogP) is 4.10. The highest BCUT2D eigenvalue weighted by Gasteiger charge is 2.18. The summed E-state index contributed by atoms with van der Waals surface area (Å²) in [5, 5.41) is 15.8. The van der Waals surface area contributed by atoms with Gasteiger partial charge >= 0.3 is 5.97 Å². The number of nitrogens with zero attached hydrogens (tertiary/aromatic N) is 2. The van der Waals surface area contributed by atoms with Crippen molar-refractivity contribution in [3.8, 4) is 0 Å². The van der Waals surface area contributed by atoms with Gasteiger partial charge in [-0.15, -0.1) is 0 Å². The highest BCUT2D eigenvalue weighted by Crippen LogP contribution is 2.31. The number of hydrogen-bond donors (Lipinski definition) is 2. The van der Waals surface area contributed by atoms with Crippen molar-refractivity contribution >= 4 is 50.7 Å². The van der Waals surface area contributed by atoms with Gasteiger partial charge in [0.05, 0.1) is 10.5 Å². The Balaban J connectivity index is 1.47. The van der Waals surface area contributed by atoms with Crippen molar-refractivity contribution in [3.05, 3.63) is 76.3 Å². The number of fused-ring (bicyclic) bond motifs is 3. The third-order valence-electron chi connectivity index (χ3n) is 5.17. The molecule has 0 spiro atoms. The summed E-state index contributed by atoms with van der Waals surface area (Å²) in [4.78, 5) is 34.8. The highest BCUT2D eigenvalue weighted by molar-refractivity contribution is 6.10. The summed E-state index contributed by atoms with van der Waals surface area (Å²) in [6, 6.07) is 17.2. The molecule has 0 bridgehead atoms. The Bertz CT molecular complexity index is 1380. The van der Waals surface area contributed by atoms with Gasteiger partial charge in [0.1, 0.15) is 5.69 Å². The lowest BCUT2D eigenvalue weighted by molar-refractivity contribution is -0.383. The molecule has 9 nitrogen and oxygen atoms in total. The number of nitrogen functional groups attached to an aromatic ring is 1. The van der Waals surface area contributed by atoms with Gasteiger partial charge in [-0.2, -0.15) is 0 Å². The number of nitro groups is 1. The highest BCUT2D eigenvalue weighted by atomic mass is 16.6. The van der Waals surface area contributed by atoms with Crippen LogP contribution in [0.2, 0.25) is 0 Å². The van der Waals surface area contributed by atoms with E-state index in [1.165, 1.54) is 12.1 Å². The zero-order valence-electron chi connectivity index (χ0n) is 17.2. The normalized spacial score (nSPS) is 10.9. The molecule has 1 aromatic heterocycles. The Kier molecular flexibility index (Phi) is 5.46. The number of aryl methyl sites for hydroxylation is 1. The lowest BCUT2D eigenvalue weighted by Crippen LogP contribution is -2.21. The van der Waals surface area contributed by atoms with Crippen molar-refractivity contribution in [3.63, 3.8) is 0 Å². The number of nitrogens with one attached hydrogen (secondary N) is 1. The number of benzene rings is 3. The number of para-hydroxylation sites is 1. The quantitative estimate of drug-likeness (QED) is 0.204. The molecule has 162 valence electrons. The number of carbonyl (C=O) groups is 2. The number of hydrogen-bond acceptors (Lipinski definition) is 6. The van der Waals surface area contributed by atoms with Crippen molar-refractivity contribution in [2.24, 2.45) is 0 Å². The molecule has 3 N–H and O–H groups in total. The van der Waals surface area contributed by atoms with E-state index in [1.807, 2.05) is 30.3 Å². The molecule has 4 aromatic rings. The van der Waals surface area contributed by atoms with Crippen LogP contribution >= 0.6 is 0 Å². The van der Waals surface area contributed by atoms with E-state index < -0.39 is 29.1 Å². The molecule has 0 atom stereocenters. The molecule has 1 heterocycles. The SMILES string of the molecule is CCn1c2ccccc2c2cc(NC(=O)COC(=O)c3ccc(N)c([N+](=O)[O-])c3)ccc21. The number of amides is 1. The van der Waals surface area contributed by atoms with Gasteiger partial charge in [0.25, 0.3) is 11.6 Å². The third-order valence-corrected chi connectivity index (χ3v) is 5.17. The number of nitro benzene ring substituents is 1. The lowest BCUT2D eigenvalue weighted by atomic mass is 10.1. The zero-order chi connectivity index (χ0) is 22.8. The smallest absolute Gasteiger partial charge is 0.338 e. The molecule has 32 heavy (non-hydrogen) atoms. The summed E-state index contributed by atoms with van der Waals surface area (Å²) in [6.45, 7) is 2.35. The van der Waals surface area contributed by atoms with Gasteiger partial charge in [-0.1, -0.05) is 18.2 Å². The number of esters is 1. The maximum Gasteiger partial charge on any atom is 0.338 e. The summed E-state index contributed by atoms with van der Waals surface area (Å²) < 4.78 is 7.20. The minimum atomic E-state index is -0.857. The van der Waals surface area contributed by atoms with Crippen LogP contribution in [0.25, 0.3) is 21.8 Å². The minimum Gasteiger partial charge on any atom is -0.452 e. The summed E-state index contributed by atoms with van der Waals surface area (Å²) in [6.07, 6.45) is 0. The second-order valence-electron chi connectivity index (χ2n) is 7.15. The van der Waals surface area contributed by atoms with E-state index in [2.05, 4.69) is 22.9 Å². The average Bonchev–Trinajstić information content (AvgIpc) is 3.10. The molecule has 0 saturated heterocycles. The Morgan fingerprint density at radius 3 is 2.56 bits per heavy atom. The number of rotatable bonds is 6. The molecule has 1 amide bonds. The van der Waals surface area contributed by atoms with Gasteiger partial charge in [0.15, 0.2) is 6.61 Å². The molecule has 9 heteroatoms. The summed E-state index contributed by atoms with van der Waals surface area (Å²) in [5.74, 6) is -1.38. The first kappa shape index (κ1) is 20.9. The summed E-state index contributed by atoms with van der Waals surface area (Å²) >= 11 is 0. The lowest BCUT2D eigenvalue weighted by Gasteiger charge is -2.08. The van der Waals surface area contributed by atoms with E-state index in [4.69, 9.17) is 10.5 Å². The Morgan fingerprint density at radius 2 is 1.81 bits per heavy atom. The van der Waals surface area contributed by atoms with Gasteiger partial charge in [0.2, 0.25) is 0 Å². The van der Waals surface area contributed by atoms with Gasteiger partial charge in [-0.05, 0) is 43.3 Å². The maximum atomic E-state index is 12.3. The fraction of sp³-hybridized carbons (Fsp3) is 0.130. The maximum absolute atomic E-state index is 12.3. The average molecular weight is 432 g/mol. The molecule has 3 aromatic carbocycles. The van der Waals surface area contributed by atoms with E-state index in [0.29, 0.717) is 5.69 Å². The summed E-state index contributed by atoms with van der Waals surface area (Å²) in [5.41, 5.74) is 7.74. The van der Waals surface area contributed by atoms with E-state index in [0.717, 1.165) is 34.4 Å². The van der Waals surface area contributed by atoms with Crippen LogP contribution in [0.4, 0.5) is 17.1 Å². The predicted molar refractivity (Wildman–Crippen MR) is 122 cm³/mol. The van der Waals surface area contributed by atoms with E-state index >= 15 is 0 Å². The standard InChI is InChI=1S/C23H20N4O5/c1-2-26-19-6-4-3-5-16(19)17-12-15(8-10-20(17)26)25-22(28)13-32-23(29)14-7-9-18(24)21(11-14)27(30)31/h3-12H,2,13,24H2,1H3,(H,25,28). The first-order valence-electron chi connectivity index (χ1n) is 9.91. The molecule has 4 rings (SSSR count). The van der Waals surface area contributed by atoms with Crippen molar-refractivity contribution in [2.75, 3.05) is 17.7 Å². The largest absolute Gasteiger partial charge is 0.452 e. The number of aromatic nitrogens is 1. The van der Waals surface area contributed by atoms with Crippen molar-refractivity contribution in [2.45, 2.75) is 13.5 Å². The van der Waals surface area contributed by atoms with Crippen LogP contribution in [-0.2, 0) is 16.1 Å². The number of anilines is 2. The van der Waals surface area contributed by atoms with E-state index in [-0.39, 0.29) is 11.3 Å². The van der Waals surface area contributed by atoms with Crippen LogP contribution in [0.3, 0.4) is 0 Å². The number of carbonyl (C=O) groups excluding carboxylic acids is 2. The molecule has 0 unspecified atom stereocenters. The molecule has 0 aliphatic rings. The third kappa shape index (κ3) is 3.83. The zero-order valence-corrected chi connectivity index (χ0v) is 17.2. The molecular formula is C23H20N4O5. The van der Waals surface area contributed by atoms with Gasteiger partial charge < -0.3 is 20.4 Å². The first-order chi connectivity index (χ1) is 15.4. The van der Waals surface area contributed by atoms with Crippen LogP contribution in [0.5, 0.6) is 0 Å². The Morgan fingerprint density at radius 1 is 1.06 bits per heavy atom. The van der Waals surface area contributed by atoms with Crippen LogP contribution in [0.1, 0.15) is 17.3 Å².